The number of aliphatic hydroxyl groups excluding tert-OH is 1. The second kappa shape index (κ2) is 5.68. The van der Waals surface area contributed by atoms with Crippen LogP contribution in [0.3, 0.4) is 0 Å². The molecule has 0 aromatic heterocycles. The monoisotopic (exact) mass is 262 g/mol. The molecule has 0 radical (unpaired) electrons. The molecule has 3 heteroatoms. The maximum absolute atomic E-state index is 9.98. The van der Waals surface area contributed by atoms with Gasteiger partial charge in [-0.3, -0.25) is 4.90 Å². The van der Waals surface area contributed by atoms with E-state index in [0.29, 0.717) is 0 Å². The van der Waals surface area contributed by atoms with Crippen LogP contribution in [-0.4, -0.2) is 53.2 Å². The van der Waals surface area contributed by atoms with Crippen LogP contribution in [0.4, 0.5) is 0 Å². The minimum absolute atomic E-state index is 0.275. The van der Waals surface area contributed by atoms with Crippen molar-refractivity contribution in [1.82, 2.24) is 9.80 Å². The van der Waals surface area contributed by atoms with Gasteiger partial charge in [0.15, 0.2) is 0 Å². The number of piperazine rings is 1. The maximum Gasteiger partial charge on any atom is 0.0785 e. The van der Waals surface area contributed by atoms with E-state index in [1.807, 2.05) is 6.92 Å². The Labute approximate surface area is 116 Å². The van der Waals surface area contributed by atoms with Gasteiger partial charge in [-0.05, 0) is 43.8 Å². The van der Waals surface area contributed by atoms with Gasteiger partial charge < -0.3 is 10.0 Å². The van der Waals surface area contributed by atoms with Gasteiger partial charge in [0, 0.05) is 37.9 Å². The van der Waals surface area contributed by atoms with E-state index in [1.165, 1.54) is 31.6 Å². The van der Waals surface area contributed by atoms with E-state index in [4.69, 9.17) is 0 Å². The van der Waals surface area contributed by atoms with Crippen molar-refractivity contribution in [3.63, 3.8) is 0 Å². The summed E-state index contributed by atoms with van der Waals surface area (Å²) in [5.41, 5.74) is 2.58. The molecule has 3 aliphatic rings. The van der Waals surface area contributed by atoms with Gasteiger partial charge in [-0.1, -0.05) is 13.0 Å². The quantitative estimate of drug-likeness (QED) is 0.841. The van der Waals surface area contributed by atoms with Crippen LogP contribution >= 0.6 is 0 Å². The summed E-state index contributed by atoms with van der Waals surface area (Å²) in [5, 5.41) is 9.98. The Balaban J connectivity index is 1.59. The summed E-state index contributed by atoms with van der Waals surface area (Å²) < 4.78 is 0. The van der Waals surface area contributed by atoms with Crippen molar-refractivity contribution >= 4 is 0 Å². The molecule has 2 aliphatic carbocycles. The Hall–Kier alpha value is -0.800. The second-order valence-corrected chi connectivity index (χ2v) is 6.06. The summed E-state index contributed by atoms with van der Waals surface area (Å²) in [6.45, 7) is 6.81. The normalized spacial score (nSPS) is 26.9. The van der Waals surface area contributed by atoms with Gasteiger partial charge >= 0.3 is 0 Å². The molecule has 1 unspecified atom stereocenters. The fourth-order valence-corrected chi connectivity index (χ4v) is 3.24. The minimum atomic E-state index is -0.275. The van der Waals surface area contributed by atoms with E-state index in [2.05, 4.69) is 22.0 Å². The van der Waals surface area contributed by atoms with Crippen LogP contribution in [-0.2, 0) is 0 Å². The molecule has 1 saturated carbocycles. The van der Waals surface area contributed by atoms with Gasteiger partial charge in [0.1, 0.15) is 0 Å². The molecule has 0 spiro atoms. The largest absolute Gasteiger partial charge is 0.388 e. The third-order valence-corrected chi connectivity index (χ3v) is 4.67. The molecule has 0 amide bonds. The summed E-state index contributed by atoms with van der Waals surface area (Å²) in [7, 11) is 0. The molecular weight excluding hydrogens is 236 g/mol. The summed E-state index contributed by atoms with van der Waals surface area (Å²) in [6.07, 6.45) is 10.0. The molecule has 3 nitrogen and oxygen atoms in total. The topological polar surface area (TPSA) is 26.7 Å². The Kier molecular flexibility index (Phi) is 3.94. The number of hydrogen-bond donors (Lipinski definition) is 1. The van der Waals surface area contributed by atoms with Crippen molar-refractivity contribution in [2.75, 3.05) is 26.2 Å². The van der Waals surface area contributed by atoms with Crippen LogP contribution in [0.15, 0.2) is 23.4 Å². The second-order valence-electron chi connectivity index (χ2n) is 6.06. The van der Waals surface area contributed by atoms with Crippen molar-refractivity contribution in [2.45, 2.75) is 51.2 Å². The fourth-order valence-electron chi connectivity index (χ4n) is 3.24. The highest BCUT2D eigenvalue weighted by atomic mass is 16.3. The Morgan fingerprint density at radius 2 is 2.00 bits per heavy atom. The molecule has 1 aliphatic heterocycles. The number of allylic oxidation sites excluding steroid dienone is 2. The Bertz CT molecular complexity index is 376. The predicted octanol–water partition coefficient (Wildman–Crippen LogP) is 2.14. The van der Waals surface area contributed by atoms with Gasteiger partial charge in [-0.25, -0.2) is 0 Å². The predicted molar refractivity (Wildman–Crippen MR) is 77.9 cm³/mol. The van der Waals surface area contributed by atoms with Crippen LogP contribution in [0.5, 0.6) is 0 Å². The lowest BCUT2D eigenvalue weighted by Gasteiger charge is -2.38. The number of nitrogens with zero attached hydrogens (tertiary/aromatic N) is 2. The van der Waals surface area contributed by atoms with Crippen molar-refractivity contribution in [2.24, 2.45) is 0 Å². The van der Waals surface area contributed by atoms with Crippen LogP contribution in [0.2, 0.25) is 0 Å². The van der Waals surface area contributed by atoms with E-state index in [1.54, 1.807) is 0 Å². The lowest BCUT2D eigenvalue weighted by atomic mass is 9.97. The van der Waals surface area contributed by atoms with E-state index < -0.39 is 0 Å². The Morgan fingerprint density at radius 1 is 1.26 bits per heavy atom. The fraction of sp³-hybridized carbons (Fsp3) is 0.750. The molecule has 3 rings (SSSR count). The lowest BCUT2D eigenvalue weighted by Crippen LogP contribution is -2.46. The van der Waals surface area contributed by atoms with Crippen molar-refractivity contribution in [1.29, 1.82) is 0 Å². The first-order chi connectivity index (χ1) is 9.28. The molecular formula is C16H26N2O. The minimum Gasteiger partial charge on any atom is -0.388 e. The number of hydrogen-bond acceptors (Lipinski definition) is 3. The van der Waals surface area contributed by atoms with Crippen LogP contribution in [0.1, 0.15) is 39.0 Å². The van der Waals surface area contributed by atoms with Crippen molar-refractivity contribution in [3.05, 3.63) is 23.4 Å². The molecule has 19 heavy (non-hydrogen) atoms. The number of rotatable bonds is 4. The van der Waals surface area contributed by atoms with E-state index in [-0.39, 0.29) is 6.10 Å². The summed E-state index contributed by atoms with van der Waals surface area (Å²) in [4.78, 5) is 5.19. The molecule has 0 bridgehead atoms. The Morgan fingerprint density at radius 3 is 2.63 bits per heavy atom. The molecule has 1 saturated heterocycles. The molecule has 1 heterocycles. The molecule has 106 valence electrons. The average molecular weight is 262 g/mol. The third kappa shape index (κ3) is 3.03. The molecule has 1 atom stereocenters. The van der Waals surface area contributed by atoms with Crippen LogP contribution < -0.4 is 0 Å². The van der Waals surface area contributed by atoms with Crippen LogP contribution in [0.25, 0.3) is 0 Å². The molecule has 2 fully saturated rings. The molecule has 0 aromatic rings. The highest BCUT2D eigenvalue weighted by molar-refractivity contribution is 5.30. The zero-order valence-corrected chi connectivity index (χ0v) is 12.0. The highest BCUT2D eigenvalue weighted by Crippen LogP contribution is 2.29. The summed E-state index contributed by atoms with van der Waals surface area (Å²) in [6, 6.07) is 0.903. The SMILES string of the molecule is CCC(O)C1=CCCC(N2CCN(C3CC3)CC2)=C1. The first-order valence-corrected chi connectivity index (χ1v) is 7.85. The van der Waals surface area contributed by atoms with Crippen molar-refractivity contribution in [3.8, 4) is 0 Å². The lowest BCUT2D eigenvalue weighted by molar-refractivity contribution is 0.148. The maximum atomic E-state index is 9.98. The van der Waals surface area contributed by atoms with Gasteiger partial charge in [0.25, 0.3) is 0 Å². The van der Waals surface area contributed by atoms with Gasteiger partial charge in [-0.15, -0.1) is 0 Å². The molecule has 1 N–H and O–H groups in total. The standard InChI is InChI=1S/C16H26N2O/c1-2-16(19)13-4-3-5-15(12-13)18-10-8-17(9-11-18)14-6-7-14/h4,12,14,16,19H,2-3,5-11H2,1H3. The van der Waals surface area contributed by atoms with Gasteiger partial charge in [0.05, 0.1) is 6.10 Å². The first-order valence-electron chi connectivity index (χ1n) is 7.85. The zero-order chi connectivity index (χ0) is 13.2. The van der Waals surface area contributed by atoms with Crippen LogP contribution in [0, 0.1) is 0 Å². The van der Waals surface area contributed by atoms with Gasteiger partial charge in [-0.2, -0.15) is 0 Å². The van der Waals surface area contributed by atoms with E-state index in [0.717, 1.165) is 44.0 Å². The third-order valence-electron chi connectivity index (χ3n) is 4.67. The molecule has 0 aromatic carbocycles. The van der Waals surface area contributed by atoms with E-state index in [9.17, 15) is 5.11 Å². The smallest absolute Gasteiger partial charge is 0.0785 e. The first kappa shape index (κ1) is 13.2. The van der Waals surface area contributed by atoms with Crippen molar-refractivity contribution < 1.29 is 5.11 Å². The summed E-state index contributed by atoms with van der Waals surface area (Å²) >= 11 is 0. The average Bonchev–Trinajstić information content (AvgIpc) is 3.31. The number of aliphatic hydroxyl groups is 1. The summed E-state index contributed by atoms with van der Waals surface area (Å²) in [5.74, 6) is 0. The van der Waals surface area contributed by atoms with Gasteiger partial charge in [0.2, 0.25) is 0 Å². The van der Waals surface area contributed by atoms with E-state index >= 15 is 0 Å². The highest BCUT2D eigenvalue weighted by Gasteiger charge is 2.31. The zero-order valence-electron chi connectivity index (χ0n) is 12.0.